The van der Waals surface area contributed by atoms with Crippen molar-refractivity contribution in [3.63, 3.8) is 0 Å². The van der Waals surface area contributed by atoms with Crippen molar-refractivity contribution in [1.29, 1.82) is 5.26 Å². The number of benzene rings is 2. The molecule has 5 heteroatoms. The predicted octanol–water partition coefficient (Wildman–Crippen LogP) is 5.00. The highest BCUT2D eigenvalue weighted by atomic mass is 16.3. The first kappa shape index (κ1) is 18.9. The molecule has 0 atom stereocenters. The van der Waals surface area contributed by atoms with Gasteiger partial charge in [0.15, 0.2) is 5.78 Å². The van der Waals surface area contributed by atoms with Crippen molar-refractivity contribution in [2.75, 3.05) is 5.32 Å². The monoisotopic (exact) mass is 370 g/mol. The van der Waals surface area contributed by atoms with Crippen LogP contribution in [-0.4, -0.2) is 11.7 Å². The summed E-state index contributed by atoms with van der Waals surface area (Å²) in [6.45, 7) is 3.42. The third-order valence-electron chi connectivity index (χ3n) is 4.11. The molecule has 0 bridgehead atoms. The molecule has 138 valence electrons. The summed E-state index contributed by atoms with van der Waals surface area (Å²) in [6, 6.07) is 19.7. The number of hydrogen-bond donors (Lipinski definition) is 1. The molecule has 0 aliphatic rings. The highest BCUT2D eigenvalue weighted by Gasteiger charge is 2.12. The topological polar surface area (TPSA) is 83.1 Å². The van der Waals surface area contributed by atoms with Gasteiger partial charge in [-0.2, -0.15) is 5.26 Å². The molecule has 5 nitrogen and oxygen atoms in total. The summed E-state index contributed by atoms with van der Waals surface area (Å²) < 4.78 is 5.74. The van der Waals surface area contributed by atoms with Crippen molar-refractivity contribution < 1.29 is 14.0 Å². The number of nitriles is 1. The van der Waals surface area contributed by atoms with Crippen LogP contribution in [0.2, 0.25) is 0 Å². The molecule has 0 saturated carbocycles. The maximum absolute atomic E-state index is 12.4. The molecule has 0 aliphatic carbocycles. The zero-order chi connectivity index (χ0) is 20.1. The van der Waals surface area contributed by atoms with Crippen LogP contribution < -0.4 is 5.32 Å². The number of hydrogen-bond acceptors (Lipinski definition) is 4. The molecular weight excluding hydrogens is 352 g/mol. The average Bonchev–Trinajstić information content (AvgIpc) is 3.15. The van der Waals surface area contributed by atoms with E-state index >= 15 is 0 Å². The molecule has 1 aromatic heterocycles. The van der Waals surface area contributed by atoms with Crippen molar-refractivity contribution in [2.24, 2.45) is 0 Å². The normalized spacial score (nSPS) is 11.0. The number of amides is 1. The van der Waals surface area contributed by atoms with Crippen LogP contribution in [0.3, 0.4) is 0 Å². The third-order valence-corrected chi connectivity index (χ3v) is 4.11. The Morgan fingerprint density at radius 2 is 1.86 bits per heavy atom. The third kappa shape index (κ3) is 4.43. The molecule has 1 heterocycles. The van der Waals surface area contributed by atoms with Gasteiger partial charge in [0.1, 0.15) is 23.2 Å². The van der Waals surface area contributed by atoms with Crippen LogP contribution in [0.15, 0.2) is 70.7 Å². The lowest BCUT2D eigenvalue weighted by Crippen LogP contribution is -2.13. The van der Waals surface area contributed by atoms with E-state index < -0.39 is 5.91 Å². The van der Waals surface area contributed by atoms with Gasteiger partial charge in [-0.3, -0.25) is 9.59 Å². The van der Waals surface area contributed by atoms with E-state index in [4.69, 9.17) is 4.42 Å². The van der Waals surface area contributed by atoms with Gasteiger partial charge < -0.3 is 9.73 Å². The lowest BCUT2D eigenvalue weighted by atomic mass is 10.1. The van der Waals surface area contributed by atoms with Crippen LogP contribution in [-0.2, 0) is 4.79 Å². The number of carbonyl (C=O) groups is 2. The lowest BCUT2D eigenvalue weighted by molar-refractivity contribution is -0.112. The van der Waals surface area contributed by atoms with Crippen molar-refractivity contribution in [1.82, 2.24) is 0 Å². The van der Waals surface area contributed by atoms with Gasteiger partial charge in [0.2, 0.25) is 0 Å². The minimum Gasteiger partial charge on any atom is -0.457 e. The van der Waals surface area contributed by atoms with E-state index in [1.54, 1.807) is 36.4 Å². The van der Waals surface area contributed by atoms with E-state index in [-0.39, 0.29) is 11.4 Å². The van der Waals surface area contributed by atoms with Crippen molar-refractivity contribution >= 4 is 23.5 Å². The molecule has 1 N–H and O–H groups in total. The first-order valence-corrected chi connectivity index (χ1v) is 8.67. The Hall–Kier alpha value is -3.91. The summed E-state index contributed by atoms with van der Waals surface area (Å²) in [4.78, 5) is 23.9. The van der Waals surface area contributed by atoms with Gasteiger partial charge in [-0.25, -0.2) is 0 Å². The fourth-order valence-electron chi connectivity index (χ4n) is 2.69. The van der Waals surface area contributed by atoms with Gasteiger partial charge in [-0.05, 0) is 49.7 Å². The molecule has 0 fully saturated rings. The standard InChI is InChI=1S/C23H18N2O3/c1-15-5-3-8-20(11-15)25-23(27)19(14-24)13-21-9-10-22(28-21)18-7-4-6-17(12-18)16(2)26/h3-13H,1-2H3,(H,25,27)/b19-13-. The van der Waals surface area contributed by atoms with E-state index in [9.17, 15) is 14.9 Å². The second-order valence-electron chi connectivity index (χ2n) is 6.33. The zero-order valence-electron chi connectivity index (χ0n) is 15.5. The van der Waals surface area contributed by atoms with Gasteiger partial charge in [0.05, 0.1) is 0 Å². The molecule has 3 aromatic rings. The first-order chi connectivity index (χ1) is 13.5. The summed E-state index contributed by atoms with van der Waals surface area (Å²) in [5.41, 5.74) is 2.88. The van der Waals surface area contributed by atoms with Crippen molar-refractivity contribution in [3.05, 3.63) is 83.1 Å². The summed E-state index contributed by atoms with van der Waals surface area (Å²) in [5, 5.41) is 12.1. The van der Waals surface area contributed by atoms with Crippen molar-refractivity contribution in [3.8, 4) is 17.4 Å². The number of anilines is 1. The highest BCUT2D eigenvalue weighted by molar-refractivity contribution is 6.09. The molecule has 28 heavy (non-hydrogen) atoms. The van der Waals surface area contributed by atoms with Gasteiger partial charge in [-0.15, -0.1) is 0 Å². The fourth-order valence-corrected chi connectivity index (χ4v) is 2.69. The smallest absolute Gasteiger partial charge is 0.266 e. The average molecular weight is 370 g/mol. The highest BCUT2D eigenvalue weighted by Crippen LogP contribution is 2.24. The van der Waals surface area contributed by atoms with E-state index in [0.717, 1.165) is 11.1 Å². The molecular formula is C23H18N2O3. The summed E-state index contributed by atoms with van der Waals surface area (Å²) in [7, 11) is 0. The molecule has 0 saturated heterocycles. The molecule has 0 unspecified atom stereocenters. The van der Waals surface area contributed by atoms with Crippen LogP contribution >= 0.6 is 0 Å². The lowest BCUT2D eigenvalue weighted by Gasteiger charge is -2.04. The Labute approximate surface area is 162 Å². The number of ketones is 1. The van der Waals surface area contributed by atoms with E-state index in [1.165, 1.54) is 13.0 Å². The van der Waals surface area contributed by atoms with Gasteiger partial charge >= 0.3 is 0 Å². The van der Waals surface area contributed by atoms with E-state index in [0.29, 0.717) is 22.8 Å². The Balaban J connectivity index is 1.82. The fraction of sp³-hybridized carbons (Fsp3) is 0.0870. The second-order valence-corrected chi connectivity index (χ2v) is 6.33. The van der Waals surface area contributed by atoms with E-state index in [2.05, 4.69) is 5.32 Å². The maximum atomic E-state index is 12.4. The molecule has 0 aliphatic heterocycles. The minimum absolute atomic E-state index is 0.0342. The number of rotatable bonds is 5. The number of nitrogens with one attached hydrogen (secondary N) is 1. The van der Waals surface area contributed by atoms with Gasteiger partial charge in [0.25, 0.3) is 5.91 Å². The molecule has 2 aromatic carbocycles. The molecule has 1 amide bonds. The van der Waals surface area contributed by atoms with Crippen LogP contribution in [0.1, 0.15) is 28.6 Å². The van der Waals surface area contributed by atoms with Crippen molar-refractivity contribution in [2.45, 2.75) is 13.8 Å². The number of nitrogens with zero attached hydrogens (tertiary/aromatic N) is 1. The quantitative estimate of drug-likeness (QED) is 0.389. The van der Waals surface area contributed by atoms with Gasteiger partial charge in [-0.1, -0.05) is 30.3 Å². The molecule has 0 spiro atoms. The summed E-state index contributed by atoms with van der Waals surface area (Å²) >= 11 is 0. The Kier molecular flexibility index (Phi) is 5.52. The second kappa shape index (κ2) is 8.19. The SMILES string of the molecule is CC(=O)c1cccc(-c2ccc(/C=C(/C#N)C(=O)Nc3cccc(C)c3)o2)c1. The van der Waals surface area contributed by atoms with Crippen LogP contribution in [0, 0.1) is 18.3 Å². The summed E-state index contributed by atoms with van der Waals surface area (Å²) in [6.07, 6.45) is 1.39. The number of Topliss-reactive ketones (excluding diaryl/α,β-unsaturated/α-hetero) is 1. The number of furan rings is 1. The first-order valence-electron chi connectivity index (χ1n) is 8.67. The molecule has 3 rings (SSSR count). The number of carbonyl (C=O) groups excluding carboxylic acids is 2. The molecule has 0 radical (unpaired) electrons. The van der Waals surface area contributed by atoms with E-state index in [1.807, 2.05) is 37.3 Å². The van der Waals surface area contributed by atoms with Crippen LogP contribution in [0.4, 0.5) is 5.69 Å². The Morgan fingerprint density at radius 1 is 1.07 bits per heavy atom. The minimum atomic E-state index is -0.510. The van der Waals surface area contributed by atoms with Crippen LogP contribution in [0.5, 0.6) is 0 Å². The Bertz CT molecular complexity index is 1120. The summed E-state index contributed by atoms with van der Waals surface area (Å²) in [5.74, 6) is 0.377. The Morgan fingerprint density at radius 3 is 2.57 bits per heavy atom. The number of aryl methyl sites for hydroxylation is 1. The van der Waals surface area contributed by atoms with Crippen LogP contribution in [0.25, 0.3) is 17.4 Å². The largest absolute Gasteiger partial charge is 0.457 e. The van der Waals surface area contributed by atoms with Gasteiger partial charge in [0, 0.05) is 22.9 Å². The predicted molar refractivity (Wildman–Crippen MR) is 108 cm³/mol. The maximum Gasteiger partial charge on any atom is 0.266 e. The zero-order valence-corrected chi connectivity index (χ0v) is 15.5.